The molecule has 3 N–H and O–H groups in total. The van der Waals surface area contributed by atoms with E-state index in [0.29, 0.717) is 5.56 Å². The molecule has 0 heterocycles. The van der Waals surface area contributed by atoms with Crippen LogP contribution in [0.1, 0.15) is 21.5 Å². The van der Waals surface area contributed by atoms with Gasteiger partial charge in [0.05, 0.1) is 12.7 Å². The van der Waals surface area contributed by atoms with Crippen LogP contribution in [-0.2, 0) is 11.3 Å². The summed E-state index contributed by atoms with van der Waals surface area (Å²) in [5, 5.41) is 18.3. The van der Waals surface area contributed by atoms with Crippen LogP contribution in [0.2, 0.25) is 0 Å². The second-order valence-corrected chi connectivity index (χ2v) is 2.85. The lowest BCUT2D eigenvalue weighted by molar-refractivity contribution is 0.0597. The summed E-state index contributed by atoms with van der Waals surface area (Å²) in [7, 11) is 1.18. The molecule has 5 heteroatoms. The molecule has 0 aromatic heterocycles. The number of esters is 1. The smallest absolute Gasteiger partial charge is 0.343 e. The summed E-state index contributed by atoms with van der Waals surface area (Å²) in [6.45, 7) is 0.184. The minimum Gasteiger partial charge on any atom is -0.507 e. The van der Waals surface area contributed by atoms with Crippen LogP contribution in [0.15, 0.2) is 12.1 Å². The van der Waals surface area contributed by atoms with Crippen molar-refractivity contribution in [3.8, 4) is 11.8 Å². The molecule has 1 rings (SSSR count). The summed E-state index contributed by atoms with van der Waals surface area (Å²) in [4.78, 5) is 11.2. The van der Waals surface area contributed by atoms with Crippen molar-refractivity contribution in [2.24, 2.45) is 5.73 Å². The van der Waals surface area contributed by atoms with Gasteiger partial charge >= 0.3 is 5.97 Å². The van der Waals surface area contributed by atoms with Gasteiger partial charge in [-0.1, -0.05) is 0 Å². The molecular weight excluding hydrogens is 196 g/mol. The molecule has 78 valence electrons. The number of carbonyl (C=O) groups excluding carboxylic acids is 1. The van der Waals surface area contributed by atoms with E-state index in [2.05, 4.69) is 4.74 Å². The van der Waals surface area contributed by atoms with Crippen molar-refractivity contribution in [2.75, 3.05) is 7.11 Å². The van der Waals surface area contributed by atoms with E-state index in [1.165, 1.54) is 19.2 Å². The van der Waals surface area contributed by atoms with Crippen LogP contribution in [0.4, 0.5) is 0 Å². The second-order valence-electron chi connectivity index (χ2n) is 2.85. The summed E-state index contributed by atoms with van der Waals surface area (Å²) >= 11 is 0. The van der Waals surface area contributed by atoms with Gasteiger partial charge in [0, 0.05) is 6.54 Å². The molecule has 0 atom stereocenters. The van der Waals surface area contributed by atoms with Crippen molar-refractivity contribution < 1.29 is 14.6 Å². The Balaban J connectivity index is 3.39. The predicted octanol–water partition coefficient (Wildman–Crippen LogP) is 0.509. The average Bonchev–Trinajstić information content (AvgIpc) is 2.26. The Morgan fingerprint density at radius 1 is 1.67 bits per heavy atom. The van der Waals surface area contributed by atoms with Crippen LogP contribution < -0.4 is 5.73 Å². The monoisotopic (exact) mass is 206 g/mol. The highest BCUT2D eigenvalue weighted by Gasteiger charge is 2.17. The first-order valence-electron chi connectivity index (χ1n) is 4.18. The molecule has 0 aliphatic rings. The number of hydrogen-bond donors (Lipinski definition) is 2. The number of nitrogens with zero attached hydrogens (tertiary/aromatic N) is 1. The third kappa shape index (κ3) is 2.06. The molecule has 5 nitrogen and oxygen atoms in total. The van der Waals surface area contributed by atoms with Crippen molar-refractivity contribution >= 4 is 5.97 Å². The molecular formula is C10H10N2O3. The van der Waals surface area contributed by atoms with Gasteiger partial charge in [0.15, 0.2) is 0 Å². The topological polar surface area (TPSA) is 96.3 Å². The van der Waals surface area contributed by atoms with E-state index in [1.54, 1.807) is 0 Å². The highest BCUT2D eigenvalue weighted by atomic mass is 16.5. The van der Waals surface area contributed by atoms with E-state index in [1.807, 2.05) is 6.07 Å². The Bertz CT molecular complexity index is 435. The molecule has 1 aromatic carbocycles. The molecule has 0 aliphatic carbocycles. The Morgan fingerprint density at radius 3 is 2.80 bits per heavy atom. The first-order chi connectivity index (χ1) is 7.13. The highest BCUT2D eigenvalue weighted by Crippen LogP contribution is 2.23. The molecule has 0 spiro atoms. The third-order valence-electron chi connectivity index (χ3n) is 1.92. The van der Waals surface area contributed by atoms with Gasteiger partial charge in [-0.15, -0.1) is 0 Å². The Morgan fingerprint density at radius 2 is 2.33 bits per heavy atom. The molecule has 0 amide bonds. The van der Waals surface area contributed by atoms with E-state index < -0.39 is 5.97 Å². The predicted molar refractivity (Wildman–Crippen MR) is 52.1 cm³/mol. The van der Waals surface area contributed by atoms with E-state index in [4.69, 9.17) is 11.0 Å². The fourth-order valence-corrected chi connectivity index (χ4v) is 1.21. The van der Waals surface area contributed by atoms with Crippen LogP contribution >= 0.6 is 0 Å². The number of nitriles is 1. The zero-order valence-corrected chi connectivity index (χ0v) is 8.15. The van der Waals surface area contributed by atoms with Gasteiger partial charge in [0.25, 0.3) is 0 Å². The quantitative estimate of drug-likeness (QED) is 0.687. The first-order valence-corrected chi connectivity index (χ1v) is 4.18. The molecule has 1 aromatic rings. The van der Waals surface area contributed by atoms with Crippen molar-refractivity contribution in [2.45, 2.75) is 6.54 Å². The SMILES string of the molecule is COC(=O)c1c(O)cc(CN)cc1C#N. The van der Waals surface area contributed by atoms with Crippen LogP contribution in [-0.4, -0.2) is 18.2 Å². The fraction of sp³-hybridized carbons (Fsp3) is 0.200. The number of aromatic hydroxyl groups is 1. The molecule has 0 unspecified atom stereocenters. The molecule has 0 saturated carbocycles. The van der Waals surface area contributed by atoms with Gasteiger partial charge in [-0.05, 0) is 17.7 Å². The molecule has 0 saturated heterocycles. The summed E-state index contributed by atoms with van der Waals surface area (Å²) < 4.78 is 4.45. The number of nitrogens with two attached hydrogens (primary N) is 1. The fourth-order valence-electron chi connectivity index (χ4n) is 1.21. The zero-order valence-electron chi connectivity index (χ0n) is 8.15. The van der Waals surface area contributed by atoms with Crippen molar-refractivity contribution in [1.29, 1.82) is 5.26 Å². The Kier molecular flexibility index (Phi) is 3.26. The van der Waals surface area contributed by atoms with Gasteiger partial charge in [-0.3, -0.25) is 0 Å². The summed E-state index contributed by atoms with van der Waals surface area (Å²) in [6, 6.07) is 4.60. The van der Waals surface area contributed by atoms with Gasteiger partial charge in [0.2, 0.25) is 0 Å². The summed E-state index contributed by atoms with van der Waals surface area (Å²) in [5.74, 6) is -1.03. The zero-order chi connectivity index (χ0) is 11.4. The number of phenolic OH excluding ortho intramolecular Hbond substituents is 1. The van der Waals surface area contributed by atoms with Crippen molar-refractivity contribution in [3.05, 3.63) is 28.8 Å². The largest absolute Gasteiger partial charge is 0.507 e. The maximum atomic E-state index is 11.2. The van der Waals surface area contributed by atoms with Crippen molar-refractivity contribution in [3.63, 3.8) is 0 Å². The lowest BCUT2D eigenvalue weighted by Crippen LogP contribution is -2.06. The minimum absolute atomic E-state index is 0.0577. The Labute approximate surface area is 86.7 Å². The van der Waals surface area contributed by atoms with Gasteiger partial charge in [-0.2, -0.15) is 5.26 Å². The van der Waals surface area contributed by atoms with Crippen LogP contribution in [0, 0.1) is 11.3 Å². The van der Waals surface area contributed by atoms with Crippen LogP contribution in [0.5, 0.6) is 5.75 Å². The summed E-state index contributed by atoms with van der Waals surface area (Å²) in [6.07, 6.45) is 0. The molecule has 0 bridgehead atoms. The van der Waals surface area contributed by atoms with Crippen LogP contribution in [0.25, 0.3) is 0 Å². The van der Waals surface area contributed by atoms with E-state index in [9.17, 15) is 9.90 Å². The molecule has 0 aliphatic heterocycles. The highest BCUT2D eigenvalue weighted by molar-refractivity contribution is 5.95. The first kappa shape index (κ1) is 11.0. The van der Waals surface area contributed by atoms with Crippen molar-refractivity contribution in [1.82, 2.24) is 0 Å². The number of ether oxygens (including phenoxy) is 1. The third-order valence-corrected chi connectivity index (χ3v) is 1.92. The molecule has 15 heavy (non-hydrogen) atoms. The van der Waals surface area contributed by atoms with Gasteiger partial charge < -0.3 is 15.6 Å². The van der Waals surface area contributed by atoms with E-state index >= 15 is 0 Å². The average molecular weight is 206 g/mol. The number of phenols is 1. The summed E-state index contributed by atoms with van der Waals surface area (Å²) in [5.41, 5.74) is 5.87. The number of carbonyl (C=O) groups is 1. The number of methoxy groups -OCH3 is 1. The number of hydrogen-bond acceptors (Lipinski definition) is 5. The normalized spacial score (nSPS) is 9.40. The Hall–Kier alpha value is -2.06. The lowest BCUT2D eigenvalue weighted by atomic mass is 10.0. The second kappa shape index (κ2) is 4.44. The lowest BCUT2D eigenvalue weighted by Gasteiger charge is -2.06. The minimum atomic E-state index is -0.743. The maximum Gasteiger partial charge on any atom is 0.343 e. The van der Waals surface area contributed by atoms with E-state index in [0.717, 1.165) is 0 Å². The number of benzene rings is 1. The molecule has 0 fully saturated rings. The van der Waals surface area contributed by atoms with Crippen LogP contribution in [0.3, 0.4) is 0 Å². The standard InChI is InChI=1S/C10H10N2O3/c1-15-10(14)9-7(5-12)2-6(4-11)3-8(9)13/h2-3,13H,4,11H2,1H3. The number of rotatable bonds is 2. The van der Waals surface area contributed by atoms with Gasteiger partial charge in [-0.25, -0.2) is 4.79 Å². The van der Waals surface area contributed by atoms with Gasteiger partial charge in [0.1, 0.15) is 17.4 Å². The maximum absolute atomic E-state index is 11.2. The molecule has 0 radical (unpaired) electrons. The van der Waals surface area contributed by atoms with E-state index in [-0.39, 0.29) is 23.4 Å².